The number of hydrazine groups is 1. The molecule has 7 nitrogen and oxygen atoms in total. The normalized spacial score (nSPS) is 16.8. The second-order valence-corrected chi connectivity index (χ2v) is 3.17. The lowest BCUT2D eigenvalue weighted by atomic mass is 10.3. The summed E-state index contributed by atoms with van der Waals surface area (Å²) in [4.78, 5) is 0.0900. The van der Waals surface area contributed by atoms with Gasteiger partial charge in [-0.15, -0.1) is 5.01 Å². The molecule has 0 rings (SSSR count). The highest BCUT2D eigenvalue weighted by Gasteiger charge is 2.16. The molecule has 5 N–H and O–H groups in total. The van der Waals surface area contributed by atoms with Crippen molar-refractivity contribution < 1.29 is 10.2 Å². The number of nitrogens with zero attached hydrogens (tertiary/aromatic N) is 3. The molecule has 13 heavy (non-hydrogen) atoms. The van der Waals surface area contributed by atoms with Crippen molar-refractivity contribution in [3.05, 3.63) is 5.21 Å². The van der Waals surface area contributed by atoms with Gasteiger partial charge in [-0.3, -0.25) is 0 Å². The third-order valence-electron chi connectivity index (χ3n) is 1.32. The molecule has 0 saturated carbocycles. The Morgan fingerprint density at radius 2 is 1.77 bits per heavy atom. The fraction of sp³-hybridized carbons (Fsp3) is 1.00. The first kappa shape index (κ1) is 11.9. The maximum atomic E-state index is 10.9. The van der Waals surface area contributed by atoms with Gasteiger partial charge >= 0.3 is 0 Å². The predicted molar refractivity (Wildman–Crippen MR) is 46.7 cm³/mol. The molecule has 0 heterocycles. The Morgan fingerprint density at radius 3 is 2.00 bits per heavy atom. The van der Waals surface area contributed by atoms with Crippen LogP contribution < -0.4 is 11.5 Å². The van der Waals surface area contributed by atoms with Gasteiger partial charge in [-0.05, 0) is 13.8 Å². The molecule has 0 radical (unpaired) electrons. The summed E-state index contributed by atoms with van der Waals surface area (Å²) in [5.41, 5.74) is 11.0. The molecule has 0 aliphatic carbocycles. The van der Waals surface area contributed by atoms with E-state index in [0.29, 0.717) is 13.1 Å². The first-order chi connectivity index (χ1) is 5.97. The summed E-state index contributed by atoms with van der Waals surface area (Å²) >= 11 is 0. The lowest BCUT2D eigenvalue weighted by molar-refractivity contribution is -0.710. The fourth-order valence-corrected chi connectivity index (χ4v) is 0.936. The number of nitrogens with two attached hydrogens (primary N) is 2. The Hall–Kier alpha value is -1.08. The number of rotatable bonds is 5. The van der Waals surface area contributed by atoms with E-state index in [0.717, 1.165) is 0 Å². The van der Waals surface area contributed by atoms with Crippen LogP contribution in [0.15, 0.2) is 5.28 Å². The maximum absolute atomic E-state index is 10.9. The summed E-state index contributed by atoms with van der Waals surface area (Å²) in [7, 11) is 0. The Kier molecular flexibility index (Phi) is 5.09. The van der Waals surface area contributed by atoms with Gasteiger partial charge in [0.2, 0.25) is 5.28 Å². The molecule has 0 aliphatic rings. The van der Waals surface area contributed by atoms with Crippen molar-refractivity contribution in [2.45, 2.75) is 25.9 Å². The molecule has 0 amide bonds. The van der Waals surface area contributed by atoms with Gasteiger partial charge in [-0.1, -0.05) is 0 Å². The van der Waals surface area contributed by atoms with Crippen LogP contribution in [0.2, 0.25) is 0 Å². The number of hydrogen-bond donors (Lipinski definition) is 3. The van der Waals surface area contributed by atoms with Gasteiger partial charge in [0.05, 0.1) is 18.1 Å². The van der Waals surface area contributed by atoms with Crippen LogP contribution in [-0.2, 0) is 0 Å². The van der Waals surface area contributed by atoms with E-state index in [1.807, 2.05) is 0 Å². The van der Waals surface area contributed by atoms with E-state index in [1.54, 1.807) is 13.8 Å². The smallest absolute Gasteiger partial charge is 0.230 e. The van der Waals surface area contributed by atoms with Crippen molar-refractivity contribution in [3.63, 3.8) is 0 Å². The van der Waals surface area contributed by atoms with E-state index in [2.05, 4.69) is 5.28 Å². The van der Waals surface area contributed by atoms with Crippen LogP contribution in [0.4, 0.5) is 0 Å². The highest BCUT2D eigenvalue weighted by molar-refractivity contribution is 4.61. The fourth-order valence-electron chi connectivity index (χ4n) is 0.936. The van der Waals surface area contributed by atoms with Gasteiger partial charge in [-0.2, -0.15) is 0 Å². The zero-order chi connectivity index (χ0) is 10.4. The lowest BCUT2D eigenvalue weighted by Crippen LogP contribution is -2.45. The average molecular weight is 191 g/mol. The minimum atomic E-state index is -0.183. The highest BCUT2D eigenvalue weighted by atomic mass is 16.6. The quantitative estimate of drug-likeness (QED) is 0.300. The van der Waals surface area contributed by atoms with Crippen molar-refractivity contribution in [1.82, 2.24) is 5.01 Å². The Bertz CT molecular complexity index is 160. The Balaban J connectivity index is 4.19. The summed E-state index contributed by atoms with van der Waals surface area (Å²) in [6.45, 7) is 4.10. The average Bonchev–Trinajstić information content (AvgIpc) is 2.00. The lowest BCUT2D eigenvalue weighted by Gasteiger charge is -2.20. The molecule has 2 unspecified atom stereocenters. The van der Waals surface area contributed by atoms with Crippen molar-refractivity contribution in [1.29, 1.82) is 0 Å². The SMILES string of the molecule is CC(N)CN(CC(C)N)[N+]([O-])=NO. The van der Waals surface area contributed by atoms with Crippen LogP contribution in [0.25, 0.3) is 0 Å². The van der Waals surface area contributed by atoms with Crippen LogP contribution in [0, 0.1) is 5.21 Å². The van der Waals surface area contributed by atoms with E-state index in [9.17, 15) is 5.21 Å². The zero-order valence-corrected chi connectivity index (χ0v) is 7.92. The molecule has 0 bridgehead atoms. The third kappa shape index (κ3) is 5.21. The highest BCUT2D eigenvalue weighted by Crippen LogP contribution is 1.94. The topological polar surface area (TPSA) is 114 Å². The Labute approximate surface area is 77.1 Å². The molecule has 0 aromatic rings. The predicted octanol–water partition coefficient (Wildman–Crippen LogP) is -0.750. The summed E-state index contributed by atoms with van der Waals surface area (Å²) in [5.74, 6) is 0. The van der Waals surface area contributed by atoms with Gasteiger partial charge in [-0.25, -0.2) is 0 Å². The number of hydrogen-bond acceptors (Lipinski definition) is 4. The van der Waals surface area contributed by atoms with Gasteiger partial charge in [0.25, 0.3) is 0 Å². The van der Waals surface area contributed by atoms with Gasteiger partial charge in [0, 0.05) is 12.1 Å². The molecule has 0 aromatic carbocycles. The zero-order valence-electron chi connectivity index (χ0n) is 7.92. The van der Waals surface area contributed by atoms with Crippen molar-refractivity contribution in [3.8, 4) is 0 Å². The standard InChI is InChI=1S/C6H17N5O2/c1-5(7)3-10(4-6(2)8)11(13)9-12/h5-6,12H,3-4,7-8H2,1-2H3. The second-order valence-electron chi connectivity index (χ2n) is 3.17. The van der Waals surface area contributed by atoms with Crippen LogP contribution in [0.3, 0.4) is 0 Å². The summed E-state index contributed by atoms with van der Waals surface area (Å²) in [5, 5.41) is 22.9. The van der Waals surface area contributed by atoms with Crippen molar-refractivity contribution in [2.24, 2.45) is 16.7 Å². The third-order valence-corrected chi connectivity index (χ3v) is 1.32. The minimum Gasteiger partial charge on any atom is -0.569 e. The molecule has 0 spiro atoms. The first-order valence-electron chi connectivity index (χ1n) is 4.05. The summed E-state index contributed by atoms with van der Waals surface area (Å²) < 4.78 is 0. The van der Waals surface area contributed by atoms with Crippen LogP contribution in [-0.4, -0.2) is 40.4 Å². The van der Waals surface area contributed by atoms with Crippen LogP contribution in [0.1, 0.15) is 13.8 Å². The van der Waals surface area contributed by atoms with Gasteiger partial charge in [0.1, 0.15) is 0 Å². The molecule has 7 heteroatoms. The van der Waals surface area contributed by atoms with E-state index in [4.69, 9.17) is 16.7 Å². The monoisotopic (exact) mass is 191 g/mol. The van der Waals surface area contributed by atoms with Crippen molar-refractivity contribution >= 4 is 0 Å². The molecule has 0 aromatic heterocycles. The van der Waals surface area contributed by atoms with E-state index < -0.39 is 0 Å². The summed E-state index contributed by atoms with van der Waals surface area (Å²) in [6, 6.07) is -0.367. The van der Waals surface area contributed by atoms with Crippen LogP contribution in [0.5, 0.6) is 0 Å². The molecule has 0 fully saturated rings. The molecule has 0 aliphatic heterocycles. The van der Waals surface area contributed by atoms with E-state index in [1.165, 1.54) is 5.01 Å². The minimum absolute atomic E-state index is 0.0900. The van der Waals surface area contributed by atoms with Gasteiger partial charge < -0.3 is 21.9 Å². The molecule has 0 saturated heterocycles. The molecule has 2 atom stereocenters. The maximum Gasteiger partial charge on any atom is 0.230 e. The molecular formula is C6H17N5O2. The Morgan fingerprint density at radius 1 is 1.38 bits per heavy atom. The summed E-state index contributed by atoms with van der Waals surface area (Å²) in [6.07, 6.45) is 0. The van der Waals surface area contributed by atoms with E-state index >= 15 is 0 Å². The molecular weight excluding hydrogens is 174 g/mol. The molecule has 78 valence electrons. The van der Waals surface area contributed by atoms with Crippen molar-refractivity contribution in [2.75, 3.05) is 13.1 Å². The largest absolute Gasteiger partial charge is 0.569 e. The van der Waals surface area contributed by atoms with Crippen LogP contribution >= 0.6 is 0 Å². The second kappa shape index (κ2) is 5.55. The first-order valence-corrected chi connectivity index (χ1v) is 4.05. The van der Waals surface area contributed by atoms with E-state index in [-0.39, 0.29) is 17.1 Å². The van der Waals surface area contributed by atoms with Gasteiger partial charge in [0.15, 0.2) is 0 Å².